The third-order valence-corrected chi connectivity index (χ3v) is 4.67. The van der Waals surface area contributed by atoms with Crippen LogP contribution in [-0.4, -0.2) is 40.0 Å². The van der Waals surface area contributed by atoms with E-state index in [0.29, 0.717) is 0 Å². The third kappa shape index (κ3) is 2.39. The van der Waals surface area contributed by atoms with Crippen LogP contribution in [0.25, 0.3) is 0 Å². The number of pyridine rings is 1. The largest absolute Gasteiger partial charge is 0.361 e. The first kappa shape index (κ1) is 14.8. The molecule has 1 amide bonds. The predicted octanol–water partition coefficient (Wildman–Crippen LogP) is 2.61. The summed E-state index contributed by atoms with van der Waals surface area (Å²) < 4.78 is 0. The molecule has 4 nitrogen and oxygen atoms in total. The van der Waals surface area contributed by atoms with E-state index in [4.69, 9.17) is 0 Å². The number of aryl methyl sites for hydroxylation is 1. The summed E-state index contributed by atoms with van der Waals surface area (Å²) in [5, 5.41) is 0. The zero-order chi connectivity index (χ0) is 15.0. The van der Waals surface area contributed by atoms with Crippen LogP contribution in [0.2, 0.25) is 0 Å². The molecule has 4 unspecified atom stereocenters. The van der Waals surface area contributed by atoms with E-state index in [1.54, 1.807) is 6.92 Å². The van der Waals surface area contributed by atoms with Gasteiger partial charge in [-0.25, -0.2) is 0 Å². The van der Waals surface area contributed by atoms with E-state index in [9.17, 15) is 4.79 Å². The van der Waals surface area contributed by atoms with Gasteiger partial charge in [0, 0.05) is 37.3 Å². The number of carbonyl (C=O) groups is 1. The van der Waals surface area contributed by atoms with Gasteiger partial charge < -0.3 is 9.80 Å². The van der Waals surface area contributed by atoms with E-state index in [-0.39, 0.29) is 30.1 Å². The van der Waals surface area contributed by atoms with Crippen molar-refractivity contribution in [3.8, 4) is 0 Å². The highest BCUT2D eigenvalue weighted by Crippen LogP contribution is 2.31. The van der Waals surface area contributed by atoms with Gasteiger partial charge in [0.05, 0.1) is 11.9 Å². The molecule has 0 aromatic carbocycles. The summed E-state index contributed by atoms with van der Waals surface area (Å²) in [7, 11) is 0. The second kappa shape index (κ2) is 5.43. The molecule has 0 N–H and O–H groups in total. The lowest BCUT2D eigenvalue weighted by Gasteiger charge is -2.53. The van der Waals surface area contributed by atoms with Crippen LogP contribution >= 0.6 is 0 Å². The van der Waals surface area contributed by atoms with Crippen LogP contribution in [0, 0.1) is 6.92 Å². The highest BCUT2D eigenvalue weighted by atomic mass is 16.2. The Morgan fingerprint density at radius 1 is 1.05 bits per heavy atom. The predicted molar refractivity (Wildman–Crippen MR) is 81.8 cm³/mol. The first-order chi connectivity index (χ1) is 9.34. The van der Waals surface area contributed by atoms with Gasteiger partial charge in [-0.1, -0.05) is 0 Å². The molecule has 2 rings (SSSR count). The first-order valence-electron chi connectivity index (χ1n) is 7.33. The summed E-state index contributed by atoms with van der Waals surface area (Å²) in [6, 6.07) is 3.10. The van der Waals surface area contributed by atoms with Crippen molar-refractivity contribution in [2.45, 2.75) is 65.7 Å². The van der Waals surface area contributed by atoms with Crippen LogP contribution < -0.4 is 4.90 Å². The van der Waals surface area contributed by atoms with E-state index in [0.717, 1.165) is 11.3 Å². The van der Waals surface area contributed by atoms with Crippen molar-refractivity contribution in [3.63, 3.8) is 0 Å². The summed E-state index contributed by atoms with van der Waals surface area (Å²) in [6.07, 6.45) is 3.79. The zero-order valence-corrected chi connectivity index (χ0v) is 13.3. The topological polar surface area (TPSA) is 36.4 Å². The lowest BCUT2D eigenvalue weighted by molar-refractivity contribution is -0.135. The van der Waals surface area contributed by atoms with Crippen LogP contribution in [-0.2, 0) is 4.79 Å². The fourth-order valence-corrected chi connectivity index (χ4v) is 3.40. The van der Waals surface area contributed by atoms with E-state index in [1.807, 2.05) is 17.3 Å². The Bertz CT molecular complexity index is 486. The van der Waals surface area contributed by atoms with Gasteiger partial charge in [-0.15, -0.1) is 0 Å². The minimum absolute atomic E-state index is 0.158. The highest BCUT2D eigenvalue weighted by Gasteiger charge is 2.41. The summed E-state index contributed by atoms with van der Waals surface area (Å²) in [6.45, 7) is 12.4. The molecule has 2 heterocycles. The molecule has 0 aliphatic carbocycles. The van der Waals surface area contributed by atoms with Gasteiger partial charge in [-0.3, -0.25) is 9.78 Å². The van der Waals surface area contributed by atoms with Crippen molar-refractivity contribution >= 4 is 11.6 Å². The first-order valence-corrected chi connectivity index (χ1v) is 7.33. The normalized spacial score (nSPS) is 30.5. The van der Waals surface area contributed by atoms with Crippen molar-refractivity contribution in [2.75, 3.05) is 4.90 Å². The van der Waals surface area contributed by atoms with Crippen molar-refractivity contribution in [1.82, 2.24) is 9.88 Å². The van der Waals surface area contributed by atoms with Crippen LogP contribution in [0.4, 0.5) is 5.69 Å². The van der Waals surface area contributed by atoms with E-state index in [1.165, 1.54) is 0 Å². The van der Waals surface area contributed by atoms with Crippen LogP contribution in [0.1, 0.15) is 40.2 Å². The van der Waals surface area contributed by atoms with Gasteiger partial charge in [-0.05, 0) is 46.2 Å². The average molecular weight is 275 g/mol. The molecule has 0 spiro atoms. The number of carbonyl (C=O) groups excluding carboxylic acids is 1. The summed E-state index contributed by atoms with van der Waals surface area (Å²) in [4.78, 5) is 20.6. The molecular formula is C16H25N3O. The maximum Gasteiger partial charge on any atom is 0.220 e. The minimum Gasteiger partial charge on any atom is -0.361 e. The smallest absolute Gasteiger partial charge is 0.220 e. The maximum absolute atomic E-state index is 11.9. The standard InChI is InChI=1S/C16H25N3O/c1-10-7-16(9-17-8-10)19-13(4)11(2)18(15(6)20)12(3)14(19)5/h7-9,11-14H,1-6H3. The fraction of sp³-hybridized carbons (Fsp3) is 0.625. The molecule has 0 radical (unpaired) electrons. The number of rotatable bonds is 1. The van der Waals surface area contributed by atoms with Crippen LogP contribution in [0.5, 0.6) is 0 Å². The lowest BCUT2D eigenvalue weighted by atomic mass is 9.93. The Labute approximate surface area is 121 Å². The summed E-state index contributed by atoms with van der Waals surface area (Å²) >= 11 is 0. The van der Waals surface area contributed by atoms with Gasteiger partial charge in [-0.2, -0.15) is 0 Å². The van der Waals surface area contributed by atoms with Crippen LogP contribution in [0.15, 0.2) is 18.5 Å². The number of amides is 1. The monoisotopic (exact) mass is 275 g/mol. The molecular weight excluding hydrogens is 250 g/mol. The fourth-order valence-electron chi connectivity index (χ4n) is 3.40. The zero-order valence-electron chi connectivity index (χ0n) is 13.3. The molecule has 1 aliphatic rings. The highest BCUT2D eigenvalue weighted by molar-refractivity contribution is 5.75. The van der Waals surface area contributed by atoms with Crippen LogP contribution in [0.3, 0.4) is 0 Å². The second-order valence-corrected chi connectivity index (χ2v) is 6.02. The van der Waals surface area contributed by atoms with Gasteiger partial charge in [0.25, 0.3) is 0 Å². The number of piperazine rings is 1. The van der Waals surface area contributed by atoms with Crippen molar-refractivity contribution in [2.24, 2.45) is 0 Å². The molecule has 1 aromatic rings. The van der Waals surface area contributed by atoms with E-state index < -0.39 is 0 Å². The molecule has 20 heavy (non-hydrogen) atoms. The molecule has 0 saturated carbocycles. The van der Waals surface area contributed by atoms with Crippen molar-refractivity contribution < 1.29 is 4.79 Å². The molecule has 4 atom stereocenters. The van der Waals surface area contributed by atoms with Gasteiger partial charge in [0.2, 0.25) is 5.91 Å². The maximum atomic E-state index is 11.9. The van der Waals surface area contributed by atoms with Gasteiger partial charge in [0.1, 0.15) is 0 Å². The molecule has 0 bridgehead atoms. The Hall–Kier alpha value is -1.58. The Morgan fingerprint density at radius 2 is 1.60 bits per heavy atom. The minimum atomic E-state index is 0.158. The van der Waals surface area contributed by atoms with Gasteiger partial charge in [0.15, 0.2) is 0 Å². The van der Waals surface area contributed by atoms with Crippen molar-refractivity contribution in [1.29, 1.82) is 0 Å². The third-order valence-electron chi connectivity index (χ3n) is 4.67. The molecule has 1 aliphatic heterocycles. The average Bonchev–Trinajstić information content (AvgIpc) is 2.37. The Balaban J connectivity index is 2.38. The Kier molecular flexibility index (Phi) is 4.02. The molecule has 1 aromatic heterocycles. The quantitative estimate of drug-likeness (QED) is 0.790. The number of anilines is 1. The Morgan fingerprint density at radius 3 is 2.05 bits per heavy atom. The lowest BCUT2D eigenvalue weighted by Crippen LogP contribution is -2.66. The molecule has 110 valence electrons. The number of nitrogens with zero attached hydrogens (tertiary/aromatic N) is 3. The summed E-state index contributed by atoms with van der Waals surface area (Å²) in [5.41, 5.74) is 2.31. The number of hydrogen-bond donors (Lipinski definition) is 0. The molecule has 1 fully saturated rings. The van der Waals surface area contributed by atoms with E-state index in [2.05, 4.69) is 50.6 Å². The van der Waals surface area contributed by atoms with Crippen molar-refractivity contribution in [3.05, 3.63) is 24.0 Å². The SMILES string of the molecule is CC(=O)N1C(C)C(C)N(c2cncc(C)c2)C(C)C1C. The molecule has 4 heteroatoms. The second-order valence-electron chi connectivity index (χ2n) is 6.02. The van der Waals surface area contributed by atoms with E-state index >= 15 is 0 Å². The molecule has 1 saturated heterocycles. The summed E-state index contributed by atoms with van der Waals surface area (Å²) in [5.74, 6) is 0.158. The number of aromatic nitrogens is 1. The van der Waals surface area contributed by atoms with Gasteiger partial charge >= 0.3 is 0 Å². The number of hydrogen-bond acceptors (Lipinski definition) is 3.